The minimum Gasteiger partial charge on any atom is -0.377 e. The Kier molecular flexibility index (Phi) is 2.89. The van der Waals surface area contributed by atoms with Gasteiger partial charge in [0.2, 0.25) is 0 Å². The van der Waals surface area contributed by atoms with E-state index >= 15 is 0 Å². The van der Waals surface area contributed by atoms with E-state index in [-0.39, 0.29) is 0 Å². The maximum atomic E-state index is 9.24. The van der Waals surface area contributed by atoms with E-state index in [9.17, 15) is 5.26 Å². The van der Waals surface area contributed by atoms with Gasteiger partial charge in [-0.15, -0.1) is 11.3 Å². The Bertz CT molecular complexity index is 439. The van der Waals surface area contributed by atoms with Gasteiger partial charge >= 0.3 is 0 Å². The van der Waals surface area contributed by atoms with Crippen LogP contribution in [0.1, 0.15) is 48.7 Å². The molecule has 0 aromatic carbocycles. The summed E-state index contributed by atoms with van der Waals surface area (Å²) in [4.78, 5) is 4.71. The maximum absolute atomic E-state index is 9.24. The molecule has 0 spiro atoms. The fourth-order valence-electron chi connectivity index (χ4n) is 2.62. The zero-order valence-electron chi connectivity index (χ0n) is 9.82. The van der Waals surface area contributed by atoms with Gasteiger partial charge in [0, 0.05) is 11.3 Å². The molecule has 1 aliphatic carbocycles. The van der Waals surface area contributed by atoms with Crippen LogP contribution in [0.25, 0.3) is 0 Å². The van der Waals surface area contributed by atoms with Gasteiger partial charge in [0.1, 0.15) is 5.41 Å². The third-order valence-electron chi connectivity index (χ3n) is 3.88. The number of rotatable bonds is 2. The Balaban J connectivity index is 1.80. The van der Waals surface area contributed by atoms with Crippen LogP contribution in [0.15, 0.2) is 5.38 Å². The summed E-state index contributed by atoms with van der Waals surface area (Å²) in [6.07, 6.45) is 6.55. The van der Waals surface area contributed by atoms with E-state index in [0.717, 1.165) is 5.69 Å². The van der Waals surface area contributed by atoms with Gasteiger partial charge in [-0.3, -0.25) is 0 Å². The predicted molar refractivity (Wildman–Crippen MR) is 66.1 cm³/mol. The molecule has 1 aromatic rings. The van der Waals surface area contributed by atoms with Crippen LogP contribution in [0, 0.1) is 11.3 Å². The van der Waals surface area contributed by atoms with Crippen LogP contribution >= 0.6 is 11.3 Å². The number of thiazole rings is 1. The second kappa shape index (κ2) is 4.40. The van der Waals surface area contributed by atoms with Gasteiger partial charge in [0.15, 0.2) is 0 Å². The van der Waals surface area contributed by atoms with E-state index in [1.165, 1.54) is 37.1 Å². The van der Waals surface area contributed by atoms with E-state index in [1.807, 2.05) is 0 Å². The third-order valence-corrected chi connectivity index (χ3v) is 4.88. The van der Waals surface area contributed by atoms with E-state index in [0.29, 0.717) is 19.1 Å². The molecule has 1 saturated carbocycles. The van der Waals surface area contributed by atoms with Gasteiger partial charge in [-0.2, -0.15) is 5.26 Å². The first-order chi connectivity index (χ1) is 8.34. The SMILES string of the molecule is N#CC1(c2csc(C3CCCCC3)n2)COC1. The molecule has 0 N–H and O–H groups in total. The molecule has 2 aliphatic rings. The molecule has 90 valence electrons. The number of nitriles is 1. The lowest BCUT2D eigenvalue weighted by atomic mass is 9.84. The van der Waals surface area contributed by atoms with E-state index in [2.05, 4.69) is 11.4 Å². The van der Waals surface area contributed by atoms with Gasteiger partial charge < -0.3 is 4.74 Å². The largest absolute Gasteiger partial charge is 0.377 e. The Morgan fingerprint density at radius 2 is 2.12 bits per heavy atom. The fraction of sp³-hybridized carbons (Fsp3) is 0.692. The van der Waals surface area contributed by atoms with Crippen LogP contribution in [0.5, 0.6) is 0 Å². The van der Waals surface area contributed by atoms with Crippen LogP contribution in [-0.2, 0) is 10.2 Å². The molecule has 3 nitrogen and oxygen atoms in total. The molecular formula is C13H16N2OS. The summed E-state index contributed by atoms with van der Waals surface area (Å²) in [7, 11) is 0. The van der Waals surface area contributed by atoms with Gasteiger partial charge in [-0.05, 0) is 12.8 Å². The lowest BCUT2D eigenvalue weighted by Gasteiger charge is -2.33. The summed E-state index contributed by atoms with van der Waals surface area (Å²) < 4.78 is 5.18. The van der Waals surface area contributed by atoms with Gasteiger partial charge in [-0.25, -0.2) is 4.98 Å². The highest BCUT2D eigenvalue weighted by atomic mass is 32.1. The van der Waals surface area contributed by atoms with Crippen LogP contribution in [0.4, 0.5) is 0 Å². The predicted octanol–water partition coefficient (Wildman–Crippen LogP) is 2.98. The first-order valence-corrected chi connectivity index (χ1v) is 7.17. The van der Waals surface area contributed by atoms with Crippen molar-refractivity contribution < 1.29 is 4.74 Å². The van der Waals surface area contributed by atoms with Gasteiger partial charge in [0.05, 0.1) is 30.0 Å². The Morgan fingerprint density at radius 3 is 2.71 bits per heavy atom. The maximum Gasteiger partial charge on any atom is 0.146 e. The molecule has 1 saturated heterocycles. The number of aromatic nitrogens is 1. The first kappa shape index (κ1) is 11.2. The Labute approximate surface area is 105 Å². The average Bonchev–Trinajstić information content (AvgIpc) is 2.80. The van der Waals surface area contributed by atoms with Gasteiger partial charge in [0.25, 0.3) is 0 Å². The summed E-state index contributed by atoms with van der Waals surface area (Å²) in [6.45, 7) is 1.02. The number of nitrogens with zero attached hydrogens (tertiary/aromatic N) is 2. The quantitative estimate of drug-likeness (QED) is 0.808. The summed E-state index contributed by atoms with van der Waals surface area (Å²) in [5.74, 6) is 0.638. The van der Waals surface area contributed by atoms with Crippen molar-refractivity contribution in [2.75, 3.05) is 13.2 Å². The lowest BCUT2D eigenvalue weighted by molar-refractivity contribution is -0.0315. The minimum absolute atomic E-state index is 0.441. The van der Waals surface area contributed by atoms with E-state index < -0.39 is 5.41 Å². The number of ether oxygens (including phenoxy) is 1. The van der Waals surface area contributed by atoms with Crippen molar-refractivity contribution in [2.24, 2.45) is 0 Å². The Hall–Kier alpha value is -0.920. The minimum atomic E-state index is -0.441. The van der Waals surface area contributed by atoms with Crippen molar-refractivity contribution in [3.05, 3.63) is 16.1 Å². The van der Waals surface area contributed by atoms with Crippen LogP contribution in [-0.4, -0.2) is 18.2 Å². The summed E-state index contributed by atoms with van der Waals surface area (Å²) in [6, 6.07) is 2.37. The van der Waals surface area contributed by atoms with Crippen molar-refractivity contribution in [3.8, 4) is 6.07 Å². The number of hydrogen-bond donors (Lipinski definition) is 0. The monoisotopic (exact) mass is 248 g/mol. The van der Waals surface area contributed by atoms with Crippen molar-refractivity contribution in [3.63, 3.8) is 0 Å². The van der Waals surface area contributed by atoms with Crippen molar-refractivity contribution in [2.45, 2.75) is 43.4 Å². The molecule has 0 radical (unpaired) electrons. The van der Waals surface area contributed by atoms with Gasteiger partial charge in [-0.1, -0.05) is 19.3 Å². The Morgan fingerprint density at radius 1 is 1.35 bits per heavy atom. The molecule has 0 atom stereocenters. The first-order valence-electron chi connectivity index (χ1n) is 6.29. The molecule has 2 heterocycles. The second-order valence-electron chi connectivity index (χ2n) is 5.09. The molecule has 3 rings (SSSR count). The molecule has 4 heteroatoms. The third kappa shape index (κ3) is 1.88. The molecule has 1 aliphatic heterocycles. The highest BCUT2D eigenvalue weighted by Gasteiger charge is 2.43. The van der Waals surface area contributed by atoms with E-state index in [1.54, 1.807) is 11.3 Å². The summed E-state index contributed by atoms with van der Waals surface area (Å²) >= 11 is 1.73. The molecule has 0 unspecified atom stereocenters. The smallest absolute Gasteiger partial charge is 0.146 e. The standard InChI is InChI=1S/C13H16N2OS/c14-7-13(8-16-9-13)11-6-17-12(15-11)10-4-2-1-3-5-10/h6,10H,1-5,8-9H2. The molecule has 1 aromatic heterocycles. The molecule has 0 amide bonds. The zero-order valence-corrected chi connectivity index (χ0v) is 10.6. The van der Waals surface area contributed by atoms with Crippen molar-refractivity contribution in [1.82, 2.24) is 4.98 Å². The van der Waals surface area contributed by atoms with E-state index in [4.69, 9.17) is 9.72 Å². The zero-order chi connectivity index (χ0) is 11.7. The highest BCUT2D eigenvalue weighted by Crippen LogP contribution is 2.38. The van der Waals surface area contributed by atoms with Crippen LogP contribution in [0.2, 0.25) is 0 Å². The average molecular weight is 248 g/mol. The number of hydrogen-bond acceptors (Lipinski definition) is 4. The summed E-state index contributed by atoms with van der Waals surface area (Å²) in [5, 5.41) is 12.5. The normalized spacial score (nSPS) is 23.9. The lowest BCUT2D eigenvalue weighted by Crippen LogP contribution is -2.45. The van der Waals surface area contributed by atoms with Crippen molar-refractivity contribution >= 4 is 11.3 Å². The van der Waals surface area contributed by atoms with Crippen LogP contribution < -0.4 is 0 Å². The summed E-state index contributed by atoms with van der Waals surface area (Å²) in [5.41, 5.74) is 0.500. The topological polar surface area (TPSA) is 45.9 Å². The van der Waals surface area contributed by atoms with Crippen molar-refractivity contribution in [1.29, 1.82) is 5.26 Å². The second-order valence-corrected chi connectivity index (χ2v) is 5.98. The molecular weight excluding hydrogens is 232 g/mol. The fourth-order valence-corrected chi connectivity index (χ4v) is 3.71. The highest BCUT2D eigenvalue weighted by molar-refractivity contribution is 7.09. The molecule has 2 fully saturated rings. The molecule has 0 bridgehead atoms. The van der Waals surface area contributed by atoms with Crippen LogP contribution in [0.3, 0.4) is 0 Å². The molecule has 17 heavy (non-hydrogen) atoms.